The monoisotopic (exact) mass is 260 g/mol. The van der Waals surface area contributed by atoms with E-state index in [1.54, 1.807) is 0 Å². The van der Waals surface area contributed by atoms with Gasteiger partial charge in [-0.2, -0.15) is 13.2 Å². The minimum atomic E-state index is -4.62. The van der Waals surface area contributed by atoms with E-state index in [9.17, 15) is 18.0 Å². The Bertz CT molecular complexity index is 443. The summed E-state index contributed by atoms with van der Waals surface area (Å²) in [6.07, 6.45) is -2.11. The highest BCUT2D eigenvalue weighted by Gasteiger charge is 2.35. The van der Waals surface area contributed by atoms with Crippen LogP contribution in [0.1, 0.15) is 18.7 Å². The minimum Gasteiger partial charge on any atom is -0.309 e. The van der Waals surface area contributed by atoms with E-state index >= 15 is 0 Å². The molecule has 5 nitrogen and oxygen atoms in total. The molecular weight excluding hydrogens is 249 g/mol. The van der Waals surface area contributed by atoms with Gasteiger partial charge in [-0.1, -0.05) is 0 Å². The highest BCUT2D eigenvalue weighted by molar-refractivity contribution is 5.94. The van der Waals surface area contributed by atoms with Gasteiger partial charge < -0.3 is 10.6 Å². The van der Waals surface area contributed by atoms with Crippen molar-refractivity contribution in [3.05, 3.63) is 18.1 Å². The van der Waals surface area contributed by atoms with Gasteiger partial charge in [0.1, 0.15) is 5.82 Å². The third kappa shape index (κ3) is 2.95. The molecule has 1 saturated heterocycles. The average molecular weight is 260 g/mol. The second-order valence-corrected chi connectivity index (χ2v) is 3.90. The Balaban J connectivity index is 2.07. The summed E-state index contributed by atoms with van der Waals surface area (Å²) in [6, 6.07) is 0.858. The van der Waals surface area contributed by atoms with E-state index in [2.05, 4.69) is 20.6 Å². The van der Waals surface area contributed by atoms with Crippen LogP contribution in [0.2, 0.25) is 0 Å². The molecule has 1 aromatic rings. The largest absolute Gasteiger partial charge is 0.451 e. The molecule has 1 aliphatic rings. The van der Waals surface area contributed by atoms with Crippen molar-refractivity contribution in [3.63, 3.8) is 0 Å². The SMILES string of the molecule is O=C(Nc1ccnc(C(F)(F)F)n1)C1CCCN1. The van der Waals surface area contributed by atoms with Crippen LogP contribution < -0.4 is 10.6 Å². The number of hydrogen-bond donors (Lipinski definition) is 2. The number of aromatic nitrogens is 2. The maximum atomic E-state index is 12.4. The van der Waals surface area contributed by atoms with Crippen LogP contribution >= 0.6 is 0 Å². The Morgan fingerprint density at radius 2 is 2.28 bits per heavy atom. The van der Waals surface area contributed by atoms with Crippen LogP contribution in [0, 0.1) is 0 Å². The quantitative estimate of drug-likeness (QED) is 0.838. The van der Waals surface area contributed by atoms with E-state index in [0.717, 1.165) is 19.2 Å². The Morgan fingerprint density at radius 1 is 1.50 bits per heavy atom. The number of hydrogen-bond acceptors (Lipinski definition) is 4. The van der Waals surface area contributed by atoms with Gasteiger partial charge in [0, 0.05) is 6.20 Å². The Hall–Kier alpha value is -1.70. The molecule has 0 spiro atoms. The first kappa shape index (κ1) is 12.7. The molecule has 18 heavy (non-hydrogen) atoms. The zero-order valence-electron chi connectivity index (χ0n) is 9.29. The number of anilines is 1. The van der Waals surface area contributed by atoms with Crippen molar-refractivity contribution >= 4 is 11.7 Å². The molecule has 0 aliphatic carbocycles. The summed E-state index contributed by atoms with van der Waals surface area (Å²) in [4.78, 5) is 18.0. The number of rotatable bonds is 2. The van der Waals surface area contributed by atoms with Crippen molar-refractivity contribution in [1.29, 1.82) is 0 Å². The van der Waals surface area contributed by atoms with Gasteiger partial charge in [0.05, 0.1) is 6.04 Å². The van der Waals surface area contributed by atoms with Crippen LogP contribution in [0.4, 0.5) is 19.0 Å². The van der Waals surface area contributed by atoms with E-state index in [4.69, 9.17) is 0 Å². The van der Waals surface area contributed by atoms with Gasteiger partial charge in [0.25, 0.3) is 0 Å². The van der Waals surface area contributed by atoms with Crippen molar-refractivity contribution in [2.45, 2.75) is 25.1 Å². The number of carbonyl (C=O) groups excluding carboxylic acids is 1. The van der Waals surface area contributed by atoms with Crippen molar-refractivity contribution in [2.24, 2.45) is 0 Å². The average Bonchev–Trinajstić information content (AvgIpc) is 2.81. The van der Waals surface area contributed by atoms with Gasteiger partial charge in [0.15, 0.2) is 0 Å². The number of alkyl halides is 3. The molecular formula is C10H11F3N4O. The van der Waals surface area contributed by atoms with E-state index in [-0.39, 0.29) is 17.8 Å². The van der Waals surface area contributed by atoms with Crippen molar-refractivity contribution in [3.8, 4) is 0 Å². The van der Waals surface area contributed by atoms with E-state index in [0.29, 0.717) is 6.42 Å². The molecule has 1 amide bonds. The fourth-order valence-electron chi connectivity index (χ4n) is 1.69. The van der Waals surface area contributed by atoms with Crippen molar-refractivity contribution < 1.29 is 18.0 Å². The van der Waals surface area contributed by atoms with Crippen LogP contribution in [-0.4, -0.2) is 28.5 Å². The highest BCUT2D eigenvalue weighted by Crippen LogP contribution is 2.26. The lowest BCUT2D eigenvalue weighted by Crippen LogP contribution is -2.35. The molecule has 0 saturated carbocycles. The first-order chi connectivity index (χ1) is 8.47. The van der Waals surface area contributed by atoms with Gasteiger partial charge in [-0.15, -0.1) is 0 Å². The minimum absolute atomic E-state index is 0.143. The van der Waals surface area contributed by atoms with Gasteiger partial charge >= 0.3 is 6.18 Å². The number of nitrogens with zero attached hydrogens (tertiary/aromatic N) is 2. The normalized spacial score (nSPS) is 19.8. The lowest BCUT2D eigenvalue weighted by Gasteiger charge is -2.11. The predicted octanol–water partition coefficient (Wildman–Crippen LogP) is 1.19. The Kier molecular flexibility index (Phi) is 3.46. The fourth-order valence-corrected chi connectivity index (χ4v) is 1.69. The Morgan fingerprint density at radius 3 is 2.89 bits per heavy atom. The second-order valence-electron chi connectivity index (χ2n) is 3.90. The molecule has 1 fully saturated rings. The van der Waals surface area contributed by atoms with Gasteiger partial charge in [0.2, 0.25) is 11.7 Å². The molecule has 2 rings (SSSR count). The number of carbonyl (C=O) groups is 1. The maximum Gasteiger partial charge on any atom is 0.451 e. The molecule has 0 aromatic carbocycles. The zero-order chi connectivity index (χ0) is 13.2. The van der Waals surface area contributed by atoms with Crippen LogP contribution in [0.25, 0.3) is 0 Å². The summed E-state index contributed by atoms with van der Waals surface area (Å²) in [5.74, 6) is -1.78. The number of nitrogens with one attached hydrogen (secondary N) is 2. The van der Waals surface area contributed by atoms with E-state index in [1.165, 1.54) is 6.07 Å². The maximum absolute atomic E-state index is 12.4. The van der Waals surface area contributed by atoms with Crippen molar-refractivity contribution in [2.75, 3.05) is 11.9 Å². The molecule has 1 unspecified atom stereocenters. The lowest BCUT2D eigenvalue weighted by atomic mass is 10.2. The predicted molar refractivity (Wildman–Crippen MR) is 56.7 cm³/mol. The van der Waals surface area contributed by atoms with E-state index in [1.807, 2.05) is 0 Å². The molecule has 1 aromatic heterocycles. The van der Waals surface area contributed by atoms with Gasteiger partial charge in [-0.05, 0) is 25.5 Å². The standard InChI is InChI=1S/C10H11F3N4O/c11-10(12,13)9-15-5-3-7(17-9)16-8(18)6-2-1-4-14-6/h3,5-6,14H,1-2,4H2,(H,15,16,17,18). The molecule has 1 atom stereocenters. The highest BCUT2D eigenvalue weighted by atomic mass is 19.4. The van der Waals surface area contributed by atoms with Crippen LogP contribution in [-0.2, 0) is 11.0 Å². The van der Waals surface area contributed by atoms with Gasteiger partial charge in [-0.3, -0.25) is 4.79 Å². The second kappa shape index (κ2) is 4.89. The molecule has 0 radical (unpaired) electrons. The number of amides is 1. The third-order valence-corrected chi connectivity index (χ3v) is 2.54. The lowest BCUT2D eigenvalue weighted by molar-refractivity contribution is -0.145. The first-order valence-corrected chi connectivity index (χ1v) is 5.41. The van der Waals surface area contributed by atoms with Crippen LogP contribution in [0.5, 0.6) is 0 Å². The molecule has 2 N–H and O–H groups in total. The fraction of sp³-hybridized carbons (Fsp3) is 0.500. The first-order valence-electron chi connectivity index (χ1n) is 5.41. The number of halogens is 3. The molecule has 2 heterocycles. The molecule has 0 bridgehead atoms. The molecule has 8 heteroatoms. The van der Waals surface area contributed by atoms with Crippen LogP contribution in [0.15, 0.2) is 12.3 Å². The summed E-state index contributed by atoms with van der Waals surface area (Å²) in [7, 11) is 0. The smallest absolute Gasteiger partial charge is 0.309 e. The summed E-state index contributed by atoms with van der Waals surface area (Å²) >= 11 is 0. The molecule has 98 valence electrons. The summed E-state index contributed by atoms with van der Waals surface area (Å²) in [5, 5.41) is 5.29. The zero-order valence-corrected chi connectivity index (χ0v) is 9.29. The summed E-state index contributed by atoms with van der Waals surface area (Å²) in [5.41, 5.74) is 0. The topological polar surface area (TPSA) is 66.9 Å². The van der Waals surface area contributed by atoms with Crippen molar-refractivity contribution in [1.82, 2.24) is 15.3 Å². The summed E-state index contributed by atoms with van der Waals surface area (Å²) in [6.45, 7) is 0.732. The van der Waals surface area contributed by atoms with E-state index < -0.39 is 12.0 Å². The molecule has 1 aliphatic heterocycles. The van der Waals surface area contributed by atoms with Gasteiger partial charge in [-0.25, -0.2) is 9.97 Å². The van der Waals surface area contributed by atoms with Crippen LogP contribution in [0.3, 0.4) is 0 Å². The third-order valence-electron chi connectivity index (χ3n) is 2.54. The summed E-state index contributed by atoms with van der Waals surface area (Å²) < 4.78 is 37.1. The Labute approximate surface area is 101 Å².